The Kier molecular flexibility index (Phi) is 5.85. The van der Waals surface area contributed by atoms with Crippen LogP contribution in [0.2, 0.25) is 0 Å². The SMILES string of the molecule is CCC(c1cccc(N/C(=C2\C(=O)Nc3ccc([N+](=O)[O-])cc32)c2ccccc2)c1)c1c[nH]cn1. The fourth-order valence-electron chi connectivity index (χ4n) is 4.46. The van der Waals surface area contributed by atoms with Crippen LogP contribution in [0.5, 0.6) is 0 Å². The van der Waals surface area contributed by atoms with Crippen LogP contribution in [-0.4, -0.2) is 20.8 Å². The summed E-state index contributed by atoms with van der Waals surface area (Å²) in [6, 6.07) is 21.9. The molecule has 2 heterocycles. The van der Waals surface area contributed by atoms with E-state index in [0.717, 1.165) is 28.9 Å². The van der Waals surface area contributed by atoms with Gasteiger partial charge in [0.1, 0.15) is 0 Å². The molecule has 0 fully saturated rings. The van der Waals surface area contributed by atoms with E-state index in [2.05, 4.69) is 33.6 Å². The predicted octanol–water partition coefficient (Wildman–Crippen LogP) is 5.79. The van der Waals surface area contributed by atoms with Gasteiger partial charge in [-0.2, -0.15) is 0 Å². The van der Waals surface area contributed by atoms with Crippen LogP contribution in [0, 0.1) is 10.1 Å². The Hall–Kier alpha value is -4.72. The minimum Gasteiger partial charge on any atom is -0.354 e. The molecule has 1 aliphatic rings. The molecule has 3 N–H and O–H groups in total. The minimum absolute atomic E-state index is 0.0723. The lowest BCUT2D eigenvalue weighted by molar-refractivity contribution is -0.384. The lowest BCUT2D eigenvalue weighted by Crippen LogP contribution is -2.10. The summed E-state index contributed by atoms with van der Waals surface area (Å²) in [5.41, 5.74) is 5.55. The van der Waals surface area contributed by atoms with E-state index in [1.165, 1.54) is 12.1 Å². The predicted molar refractivity (Wildman–Crippen MR) is 136 cm³/mol. The van der Waals surface area contributed by atoms with Crippen molar-refractivity contribution < 1.29 is 9.72 Å². The Morgan fingerprint density at radius 3 is 2.63 bits per heavy atom. The number of fused-ring (bicyclic) bond motifs is 1. The Morgan fingerprint density at radius 2 is 1.91 bits per heavy atom. The first-order valence-electron chi connectivity index (χ1n) is 11.3. The van der Waals surface area contributed by atoms with Gasteiger partial charge in [-0.1, -0.05) is 49.4 Å². The number of anilines is 2. The number of imidazole rings is 1. The zero-order chi connectivity index (χ0) is 24.4. The number of rotatable bonds is 7. The van der Waals surface area contributed by atoms with Crippen molar-refractivity contribution in [2.45, 2.75) is 19.3 Å². The molecule has 174 valence electrons. The summed E-state index contributed by atoms with van der Waals surface area (Å²) in [6.45, 7) is 2.11. The molecule has 1 amide bonds. The summed E-state index contributed by atoms with van der Waals surface area (Å²) in [6.07, 6.45) is 4.45. The number of carbonyl (C=O) groups is 1. The highest BCUT2D eigenvalue weighted by Gasteiger charge is 2.30. The highest BCUT2D eigenvalue weighted by molar-refractivity contribution is 6.37. The van der Waals surface area contributed by atoms with E-state index in [4.69, 9.17) is 0 Å². The summed E-state index contributed by atoms with van der Waals surface area (Å²) in [7, 11) is 0. The molecule has 35 heavy (non-hydrogen) atoms. The van der Waals surface area contributed by atoms with Crippen molar-refractivity contribution in [1.82, 2.24) is 9.97 Å². The number of non-ortho nitro benzene ring substituents is 1. The number of aromatic nitrogens is 2. The molecular formula is C27H23N5O3. The maximum absolute atomic E-state index is 13.1. The van der Waals surface area contributed by atoms with E-state index in [1.807, 2.05) is 54.7 Å². The average Bonchev–Trinajstić information content (AvgIpc) is 3.51. The zero-order valence-corrected chi connectivity index (χ0v) is 19.0. The molecule has 0 aliphatic carbocycles. The number of H-pyrrole nitrogens is 1. The number of aromatic amines is 1. The van der Waals surface area contributed by atoms with Crippen molar-refractivity contribution in [3.8, 4) is 0 Å². The third-order valence-corrected chi connectivity index (χ3v) is 6.11. The number of carbonyl (C=O) groups excluding carboxylic acids is 1. The van der Waals surface area contributed by atoms with Crippen LogP contribution < -0.4 is 10.6 Å². The van der Waals surface area contributed by atoms with Gasteiger partial charge in [0, 0.05) is 41.2 Å². The van der Waals surface area contributed by atoms with E-state index in [1.54, 1.807) is 12.4 Å². The van der Waals surface area contributed by atoms with Crippen molar-refractivity contribution >= 4 is 34.2 Å². The molecule has 1 atom stereocenters. The zero-order valence-electron chi connectivity index (χ0n) is 19.0. The lowest BCUT2D eigenvalue weighted by Gasteiger charge is -2.18. The van der Waals surface area contributed by atoms with Gasteiger partial charge in [0.15, 0.2) is 0 Å². The molecule has 0 saturated heterocycles. The first kappa shape index (κ1) is 22.1. The standard InChI is InChI=1S/C27H23N5O3/c1-2-21(24-15-28-16-29-24)18-9-6-10-19(13-18)30-26(17-7-4-3-5-8-17)25-22-14-20(32(34)35)11-12-23(22)31-27(25)33/h3-16,21,30H,2H2,1H3,(H,28,29)(H,31,33)/b26-25-. The van der Waals surface area contributed by atoms with E-state index in [0.29, 0.717) is 22.5 Å². The molecule has 4 aromatic rings. The smallest absolute Gasteiger partial charge is 0.270 e. The monoisotopic (exact) mass is 465 g/mol. The molecule has 0 bridgehead atoms. The van der Waals surface area contributed by atoms with Crippen molar-refractivity contribution in [2.24, 2.45) is 0 Å². The molecule has 1 aliphatic heterocycles. The van der Waals surface area contributed by atoms with Crippen molar-refractivity contribution in [3.05, 3.63) is 118 Å². The molecule has 0 radical (unpaired) electrons. The van der Waals surface area contributed by atoms with Gasteiger partial charge in [-0.15, -0.1) is 0 Å². The molecule has 8 nitrogen and oxygen atoms in total. The first-order chi connectivity index (χ1) is 17.0. The number of nitro groups is 1. The number of nitrogens with zero attached hydrogens (tertiary/aromatic N) is 2. The number of hydrogen-bond donors (Lipinski definition) is 3. The number of hydrogen-bond acceptors (Lipinski definition) is 5. The van der Waals surface area contributed by atoms with Crippen molar-refractivity contribution in [1.29, 1.82) is 0 Å². The molecule has 0 saturated carbocycles. The molecule has 3 aromatic carbocycles. The van der Waals surface area contributed by atoms with Crippen molar-refractivity contribution in [3.63, 3.8) is 0 Å². The van der Waals surface area contributed by atoms with Crippen LogP contribution in [0.3, 0.4) is 0 Å². The van der Waals surface area contributed by atoms with Crippen LogP contribution in [0.1, 0.15) is 41.6 Å². The second-order valence-corrected chi connectivity index (χ2v) is 8.26. The fraction of sp³-hybridized carbons (Fsp3) is 0.111. The quantitative estimate of drug-likeness (QED) is 0.182. The molecule has 5 rings (SSSR count). The number of amides is 1. The van der Waals surface area contributed by atoms with Gasteiger partial charge < -0.3 is 15.6 Å². The summed E-state index contributed by atoms with van der Waals surface area (Å²) in [4.78, 5) is 31.5. The molecular weight excluding hydrogens is 442 g/mol. The Balaban J connectivity index is 1.62. The van der Waals surface area contributed by atoms with Crippen LogP contribution in [0.15, 0.2) is 85.3 Å². The van der Waals surface area contributed by atoms with Crippen molar-refractivity contribution in [2.75, 3.05) is 10.6 Å². The highest BCUT2D eigenvalue weighted by Crippen LogP contribution is 2.39. The number of benzene rings is 3. The topological polar surface area (TPSA) is 113 Å². The highest BCUT2D eigenvalue weighted by atomic mass is 16.6. The Labute approximate surface area is 201 Å². The second kappa shape index (κ2) is 9.26. The summed E-state index contributed by atoms with van der Waals surface area (Å²) >= 11 is 0. The molecule has 0 spiro atoms. The van der Waals surface area contributed by atoms with E-state index in [9.17, 15) is 14.9 Å². The fourth-order valence-corrected chi connectivity index (χ4v) is 4.46. The molecule has 1 aromatic heterocycles. The first-order valence-corrected chi connectivity index (χ1v) is 11.3. The summed E-state index contributed by atoms with van der Waals surface area (Å²) in [5, 5.41) is 17.7. The number of nitrogens with one attached hydrogen (secondary N) is 3. The van der Waals surface area contributed by atoms with Crippen LogP contribution in [0.4, 0.5) is 17.1 Å². The molecule has 8 heteroatoms. The summed E-state index contributed by atoms with van der Waals surface area (Å²) in [5.74, 6) is -0.194. The van der Waals surface area contributed by atoms with E-state index >= 15 is 0 Å². The maximum Gasteiger partial charge on any atom is 0.270 e. The lowest BCUT2D eigenvalue weighted by atomic mass is 9.93. The van der Waals surface area contributed by atoms with Gasteiger partial charge in [-0.3, -0.25) is 14.9 Å². The van der Waals surface area contributed by atoms with Gasteiger partial charge in [-0.25, -0.2) is 4.98 Å². The Morgan fingerprint density at radius 1 is 1.09 bits per heavy atom. The third kappa shape index (κ3) is 4.29. The second-order valence-electron chi connectivity index (χ2n) is 8.26. The third-order valence-electron chi connectivity index (χ3n) is 6.11. The van der Waals surface area contributed by atoms with Crippen LogP contribution >= 0.6 is 0 Å². The van der Waals surface area contributed by atoms with Crippen LogP contribution in [-0.2, 0) is 4.79 Å². The maximum atomic E-state index is 13.1. The van der Waals surface area contributed by atoms with Crippen LogP contribution in [0.25, 0.3) is 11.3 Å². The normalized spacial score (nSPS) is 14.7. The van der Waals surface area contributed by atoms with Gasteiger partial charge in [-0.05, 0) is 35.7 Å². The van der Waals surface area contributed by atoms with E-state index < -0.39 is 4.92 Å². The van der Waals surface area contributed by atoms with Gasteiger partial charge in [0.05, 0.1) is 28.2 Å². The minimum atomic E-state index is -0.459. The summed E-state index contributed by atoms with van der Waals surface area (Å²) < 4.78 is 0. The molecule has 1 unspecified atom stereocenters. The van der Waals surface area contributed by atoms with E-state index in [-0.39, 0.29) is 17.5 Å². The Bertz CT molecular complexity index is 1430. The average molecular weight is 466 g/mol. The van der Waals surface area contributed by atoms with Gasteiger partial charge in [0.2, 0.25) is 0 Å². The largest absolute Gasteiger partial charge is 0.354 e. The number of nitro benzene ring substituents is 1. The van der Waals surface area contributed by atoms with Gasteiger partial charge >= 0.3 is 0 Å². The van der Waals surface area contributed by atoms with Gasteiger partial charge in [0.25, 0.3) is 11.6 Å².